The van der Waals surface area contributed by atoms with E-state index in [4.69, 9.17) is 0 Å². The van der Waals surface area contributed by atoms with Gasteiger partial charge in [0.05, 0.1) is 6.54 Å². The molecule has 0 aromatic carbocycles. The van der Waals surface area contributed by atoms with Gasteiger partial charge in [-0.05, 0) is 27.7 Å². The number of nitrogens with zero attached hydrogens (tertiary/aromatic N) is 2. The van der Waals surface area contributed by atoms with Crippen molar-refractivity contribution < 1.29 is 4.79 Å². The predicted molar refractivity (Wildman–Crippen MR) is 66.4 cm³/mol. The van der Waals surface area contributed by atoms with Crippen LogP contribution in [-0.4, -0.2) is 60.5 Å². The minimum absolute atomic E-state index is 0.255. The molecule has 0 bridgehead atoms. The molecular formula is C12H25N3O. The molecule has 0 radical (unpaired) electrons. The van der Waals surface area contributed by atoms with Crippen molar-refractivity contribution in [2.75, 3.05) is 32.7 Å². The van der Waals surface area contributed by atoms with Crippen LogP contribution in [0.3, 0.4) is 0 Å². The van der Waals surface area contributed by atoms with Crippen LogP contribution in [0.25, 0.3) is 0 Å². The quantitative estimate of drug-likeness (QED) is 0.761. The molecule has 4 nitrogen and oxygen atoms in total. The lowest BCUT2D eigenvalue weighted by Gasteiger charge is -2.39. The second-order valence-electron chi connectivity index (χ2n) is 4.59. The van der Waals surface area contributed by atoms with E-state index < -0.39 is 0 Å². The second kappa shape index (κ2) is 6.21. The molecule has 1 rings (SSSR count). The Hall–Kier alpha value is -0.610. The third-order valence-corrected chi connectivity index (χ3v) is 3.45. The van der Waals surface area contributed by atoms with Crippen molar-refractivity contribution in [3.63, 3.8) is 0 Å². The SMILES string of the molecule is CCN(CC)C(=O)CN1[C@H](C)CNC[C@@H]1C. The summed E-state index contributed by atoms with van der Waals surface area (Å²) in [6, 6.07) is 0.895. The Bertz CT molecular complexity index is 218. The molecule has 0 saturated carbocycles. The first kappa shape index (κ1) is 13.5. The zero-order chi connectivity index (χ0) is 12.1. The monoisotopic (exact) mass is 227 g/mol. The highest BCUT2D eigenvalue weighted by molar-refractivity contribution is 5.78. The van der Waals surface area contributed by atoms with E-state index >= 15 is 0 Å². The Morgan fingerprint density at radius 3 is 2.19 bits per heavy atom. The van der Waals surface area contributed by atoms with E-state index in [-0.39, 0.29) is 5.91 Å². The molecule has 0 aromatic rings. The lowest BCUT2D eigenvalue weighted by Crippen LogP contribution is -2.57. The van der Waals surface area contributed by atoms with Gasteiger partial charge in [-0.15, -0.1) is 0 Å². The largest absolute Gasteiger partial charge is 0.342 e. The maximum absolute atomic E-state index is 12.0. The van der Waals surface area contributed by atoms with Gasteiger partial charge < -0.3 is 10.2 Å². The summed E-state index contributed by atoms with van der Waals surface area (Å²) < 4.78 is 0. The maximum atomic E-state index is 12.0. The Kier molecular flexibility index (Phi) is 5.22. The van der Waals surface area contributed by atoms with Gasteiger partial charge in [-0.2, -0.15) is 0 Å². The average Bonchev–Trinajstić information content (AvgIpc) is 2.25. The summed E-state index contributed by atoms with van der Waals surface area (Å²) in [5.74, 6) is 0.255. The maximum Gasteiger partial charge on any atom is 0.236 e. The van der Waals surface area contributed by atoms with Crippen molar-refractivity contribution in [3.05, 3.63) is 0 Å². The topological polar surface area (TPSA) is 35.6 Å². The molecule has 1 saturated heterocycles. The van der Waals surface area contributed by atoms with Crippen LogP contribution < -0.4 is 5.32 Å². The summed E-state index contributed by atoms with van der Waals surface area (Å²) in [6.45, 7) is 12.6. The van der Waals surface area contributed by atoms with Crippen molar-refractivity contribution in [1.82, 2.24) is 15.1 Å². The van der Waals surface area contributed by atoms with Gasteiger partial charge in [0.2, 0.25) is 5.91 Å². The highest BCUT2D eigenvalue weighted by Gasteiger charge is 2.27. The lowest BCUT2D eigenvalue weighted by atomic mass is 10.1. The molecule has 0 unspecified atom stereocenters. The van der Waals surface area contributed by atoms with Crippen LogP contribution in [0, 0.1) is 0 Å². The van der Waals surface area contributed by atoms with Crippen LogP contribution >= 0.6 is 0 Å². The molecule has 0 aromatic heterocycles. The summed E-state index contributed by atoms with van der Waals surface area (Å²) in [4.78, 5) is 16.2. The van der Waals surface area contributed by atoms with Gasteiger partial charge in [-0.25, -0.2) is 0 Å². The van der Waals surface area contributed by atoms with Crippen molar-refractivity contribution in [2.45, 2.75) is 39.8 Å². The van der Waals surface area contributed by atoms with E-state index in [9.17, 15) is 4.79 Å². The first-order valence-electron chi connectivity index (χ1n) is 6.34. The van der Waals surface area contributed by atoms with E-state index in [1.165, 1.54) is 0 Å². The molecule has 1 N–H and O–H groups in total. The predicted octanol–water partition coefficient (Wildman–Crippen LogP) is 0.537. The third kappa shape index (κ3) is 3.19. The van der Waals surface area contributed by atoms with Gasteiger partial charge in [0.15, 0.2) is 0 Å². The number of rotatable bonds is 4. The summed E-state index contributed by atoms with van der Waals surface area (Å²) >= 11 is 0. The molecular weight excluding hydrogens is 202 g/mol. The van der Waals surface area contributed by atoms with Gasteiger partial charge in [0.25, 0.3) is 0 Å². The number of hydrogen-bond acceptors (Lipinski definition) is 3. The summed E-state index contributed by atoms with van der Waals surface area (Å²) in [7, 11) is 0. The van der Waals surface area contributed by atoms with E-state index in [1.807, 2.05) is 18.7 Å². The van der Waals surface area contributed by atoms with E-state index in [0.717, 1.165) is 26.2 Å². The van der Waals surface area contributed by atoms with Crippen LogP contribution in [0.15, 0.2) is 0 Å². The van der Waals surface area contributed by atoms with E-state index in [2.05, 4.69) is 24.1 Å². The smallest absolute Gasteiger partial charge is 0.236 e. The molecule has 2 atom stereocenters. The summed E-state index contributed by atoms with van der Waals surface area (Å²) in [5.41, 5.74) is 0. The number of likely N-dealkylation sites (N-methyl/N-ethyl adjacent to an activating group) is 1. The standard InChI is InChI=1S/C12H25N3O/c1-5-14(6-2)12(16)9-15-10(3)7-13-8-11(15)4/h10-11,13H,5-9H2,1-4H3/t10-,11+. The first-order valence-corrected chi connectivity index (χ1v) is 6.34. The second-order valence-corrected chi connectivity index (χ2v) is 4.59. The molecule has 94 valence electrons. The third-order valence-electron chi connectivity index (χ3n) is 3.45. The lowest BCUT2D eigenvalue weighted by molar-refractivity contribution is -0.133. The highest BCUT2D eigenvalue weighted by atomic mass is 16.2. The fourth-order valence-corrected chi connectivity index (χ4v) is 2.31. The van der Waals surface area contributed by atoms with Gasteiger partial charge >= 0.3 is 0 Å². The van der Waals surface area contributed by atoms with Crippen molar-refractivity contribution in [1.29, 1.82) is 0 Å². The average molecular weight is 227 g/mol. The van der Waals surface area contributed by atoms with Crippen LogP contribution in [-0.2, 0) is 4.79 Å². The Morgan fingerprint density at radius 2 is 1.75 bits per heavy atom. The first-order chi connectivity index (χ1) is 7.60. The number of hydrogen-bond donors (Lipinski definition) is 1. The minimum Gasteiger partial charge on any atom is -0.342 e. The van der Waals surface area contributed by atoms with Crippen molar-refractivity contribution in [2.24, 2.45) is 0 Å². The van der Waals surface area contributed by atoms with Crippen LogP contribution in [0.2, 0.25) is 0 Å². The summed E-state index contributed by atoms with van der Waals surface area (Å²) in [6.07, 6.45) is 0. The van der Waals surface area contributed by atoms with Crippen LogP contribution in [0.1, 0.15) is 27.7 Å². The molecule has 0 spiro atoms. The molecule has 1 heterocycles. The number of carbonyl (C=O) groups is 1. The molecule has 0 aliphatic carbocycles. The van der Waals surface area contributed by atoms with Gasteiger partial charge in [0, 0.05) is 38.3 Å². The molecule has 1 amide bonds. The number of nitrogens with one attached hydrogen (secondary N) is 1. The zero-order valence-corrected chi connectivity index (χ0v) is 11.0. The highest BCUT2D eigenvalue weighted by Crippen LogP contribution is 2.09. The molecule has 1 aliphatic heterocycles. The fraction of sp³-hybridized carbons (Fsp3) is 0.917. The summed E-state index contributed by atoms with van der Waals surface area (Å²) in [5, 5.41) is 3.38. The molecule has 4 heteroatoms. The molecule has 16 heavy (non-hydrogen) atoms. The fourth-order valence-electron chi connectivity index (χ4n) is 2.31. The van der Waals surface area contributed by atoms with E-state index in [0.29, 0.717) is 18.6 Å². The van der Waals surface area contributed by atoms with E-state index in [1.54, 1.807) is 0 Å². The van der Waals surface area contributed by atoms with Gasteiger partial charge in [-0.3, -0.25) is 9.69 Å². The Labute approximate surface area is 99.0 Å². The van der Waals surface area contributed by atoms with Gasteiger partial charge in [0.1, 0.15) is 0 Å². The normalized spacial score (nSPS) is 26.8. The molecule has 1 aliphatic rings. The Balaban J connectivity index is 2.53. The number of carbonyl (C=O) groups excluding carboxylic acids is 1. The van der Waals surface area contributed by atoms with Gasteiger partial charge in [-0.1, -0.05) is 0 Å². The van der Waals surface area contributed by atoms with Crippen molar-refractivity contribution in [3.8, 4) is 0 Å². The number of amides is 1. The van der Waals surface area contributed by atoms with Crippen LogP contribution in [0.5, 0.6) is 0 Å². The minimum atomic E-state index is 0.255. The molecule has 1 fully saturated rings. The van der Waals surface area contributed by atoms with Crippen molar-refractivity contribution >= 4 is 5.91 Å². The zero-order valence-electron chi connectivity index (χ0n) is 11.0. The van der Waals surface area contributed by atoms with Crippen LogP contribution in [0.4, 0.5) is 0 Å². The Morgan fingerprint density at radius 1 is 1.25 bits per heavy atom. The number of piperazine rings is 1.